The largest absolute Gasteiger partial charge is 0.390 e. The number of nitrogens with zero attached hydrogens (tertiary/aromatic N) is 1. The van der Waals surface area contributed by atoms with Gasteiger partial charge < -0.3 is 10.6 Å². The van der Waals surface area contributed by atoms with Crippen LogP contribution >= 0.6 is 11.3 Å². The van der Waals surface area contributed by atoms with Gasteiger partial charge in [-0.2, -0.15) is 0 Å². The van der Waals surface area contributed by atoms with E-state index in [9.17, 15) is 9.59 Å². The van der Waals surface area contributed by atoms with Crippen molar-refractivity contribution in [2.24, 2.45) is 0 Å². The van der Waals surface area contributed by atoms with Gasteiger partial charge in [-0.15, -0.1) is 11.3 Å². The van der Waals surface area contributed by atoms with Crippen LogP contribution in [0.1, 0.15) is 28.4 Å². The predicted molar refractivity (Wildman–Crippen MR) is 106 cm³/mol. The summed E-state index contributed by atoms with van der Waals surface area (Å²) in [6.07, 6.45) is 0.765. The molecule has 2 aromatic carbocycles. The maximum Gasteiger partial charge on any atom is 0.223 e. The molecule has 3 aromatic rings. The maximum absolute atomic E-state index is 13.2. The summed E-state index contributed by atoms with van der Waals surface area (Å²) < 4.78 is 0. The highest BCUT2D eigenvalue weighted by atomic mass is 32.1. The molecule has 4 nitrogen and oxygen atoms in total. The average molecular weight is 362 g/mol. The van der Waals surface area contributed by atoms with Gasteiger partial charge in [-0.25, -0.2) is 0 Å². The molecule has 0 saturated heterocycles. The molecule has 2 N–H and O–H groups in total. The first kappa shape index (κ1) is 16.5. The minimum absolute atomic E-state index is 0.0243. The SMILES string of the molecule is CC(=O)N1CCc2cc(C(=O)c3c(-c4ccccc4)csc3N)ccc21. The Morgan fingerprint density at radius 2 is 1.88 bits per heavy atom. The van der Waals surface area contributed by atoms with Crippen LogP contribution in [-0.4, -0.2) is 18.2 Å². The average Bonchev–Trinajstić information content (AvgIpc) is 3.25. The van der Waals surface area contributed by atoms with Crippen LogP contribution < -0.4 is 10.6 Å². The van der Waals surface area contributed by atoms with Crippen LogP contribution in [0.5, 0.6) is 0 Å². The van der Waals surface area contributed by atoms with Gasteiger partial charge in [-0.3, -0.25) is 9.59 Å². The number of thiophene rings is 1. The Morgan fingerprint density at radius 1 is 1.12 bits per heavy atom. The van der Waals surface area contributed by atoms with Gasteiger partial charge in [0.15, 0.2) is 5.78 Å². The lowest BCUT2D eigenvalue weighted by Crippen LogP contribution is -2.25. The highest BCUT2D eigenvalue weighted by Gasteiger charge is 2.25. The maximum atomic E-state index is 13.2. The molecule has 4 rings (SSSR count). The number of benzene rings is 2. The predicted octanol–water partition coefficient (Wildman–Crippen LogP) is 4.14. The summed E-state index contributed by atoms with van der Waals surface area (Å²) >= 11 is 1.38. The number of rotatable bonds is 3. The van der Waals surface area contributed by atoms with Gasteiger partial charge in [-0.1, -0.05) is 30.3 Å². The zero-order valence-corrected chi connectivity index (χ0v) is 15.2. The van der Waals surface area contributed by atoms with Crippen molar-refractivity contribution in [1.29, 1.82) is 0 Å². The van der Waals surface area contributed by atoms with Crippen molar-refractivity contribution < 1.29 is 9.59 Å². The van der Waals surface area contributed by atoms with Crippen LogP contribution in [0.25, 0.3) is 11.1 Å². The van der Waals surface area contributed by atoms with E-state index in [1.165, 1.54) is 11.3 Å². The Bertz CT molecular complexity index is 1010. The summed E-state index contributed by atoms with van der Waals surface area (Å²) in [6, 6.07) is 15.3. The zero-order valence-electron chi connectivity index (χ0n) is 14.4. The van der Waals surface area contributed by atoms with E-state index in [0.717, 1.165) is 28.8 Å². The first-order valence-electron chi connectivity index (χ1n) is 8.44. The fourth-order valence-corrected chi connectivity index (χ4v) is 4.27. The first-order valence-corrected chi connectivity index (χ1v) is 9.32. The van der Waals surface area contributed by atoms with Gasteiger partial charge in [0.05, 0.1) is 10.6 Å². The zero-order chi connectivity index (χ0) is 18.3. The van der Waals surface area contributed by atoms with Crippen molar-refractivity contribution in [3.05, 3.63) is 70.6 Å². The number of amides is 1. The number of nitrogens with two attached hydrogens (primary N) is 1. The minimum atomic E-state index is -0.0771. The Kier molecular flexibility index (Phi) is 4.09. The Labute approximate surface area is 155 Å². The number of carbonyl (C=O) groups excluding carboxylic acids is 2. The number of hydrogen-bond acceptors (Lipinski definition) is 4. The van der Waals surface area contributed by atoms with E-state index in [-0.39, 0.29) is 11.7 Å². The Hall–Kier alpha value is -2.92. The molecular weight excluding hydrogens is 344 g/mol. The van der Waals surface area contributed by atoms with Crippen molar-refractivity contribution >= 4 is 33.7 Å². The molecular formula is C21H18N2O2S. The van der Waals surface area contributed by atoms with E-state index >= 15 is 0 Å². The fourth-order valence-electron chi connectivity index (χ4n) is 3.45. The third-order valence-electron chi connectivity index (χ3n) is 4.75. The monoisotopic (exact) mass is 362 g/mol. The molecule has 0 aliphatic carbocycles. The molecule has 0 spiro atoms. The fraction of sp³-hybridized carbons (Fsp3) is 0.143. The van der Waals surface area contributed by atoms with Gasteiger partial charge in [-0.05, 0) is 35.7 Å². The van der Waals surface area contributed by atoms with E-state index in [0.29, 0.717) is 22.7 Å². The number of anilines is 2. The summed E-state index contributed by atoms with van der Waals surface area (Å²) in [7, 11) is 0. The molecule has 5 heteroatoms. The highest BCUT2D eigenvalue weighted by Crippen LogP contribution is 2.36. The van der Waals surface area contributed by atoms with Crippen LogP contribution in [0.2, 0.25) is 0 Å². The summed E-state index contributed by atoms with van der Waals surface area (Å²) in [5.74, 6) is -0.0528. The highest BCUT2D eigenvalue weighted by molar-refractivity contribution is 7.15. The second-order valence-electron chi connectivity index (χ2n) is 6.35. The van der Waals surface area contributed by atoms with Crippen molar-refractivity contribution in [3.8, 4) is 11.1 Å². The number of hydrogen-bond donors (Lipinski definition) is 1. The number of fused-ring (bicyclic) bond motifs is 1. The number of carbonyl (C=O) groups is 2. The van der Waals surface area contributed by atoms with Crippen LogP contribution in [0.3, 0.4) is 0 Å². The summed E-state index contributed by atoms with van der Waals surface area (Å²) in [6.45, 7) is 2.23. The van der Waals surface area contributed by atoms with Crippen molar-refractivity contribution in [3.63, 3.8) is 0 Å². The third kappa shape index (κ3) is 2.70. The molecule has 0 fully saturated rings. The van der Waals surface area contributed by atoms with Crippen molar-refractivity contribution in [2.75, 3.05) is 17.2 Å². The molecule has 0 atom stereocenters. The van der Waals surface area contributed by atoms with E-state index in [1.807, 2.05) is 47.8 Å². The van der Waals surface area contributed by atoms with Gasteiger partial charge in [0.2, 0.25) is 5.91 Å². The van der Waals surface area contributed by atoms with Gasteiger partial charge in [0, 0.05) is 35.7 Å². The summed E-state index contributed by atoms with van der Waals surface area (Å²) in [5, 5.41) is 2.46. The molecule has 26 heavy (non-hydrogen) atoms. The molecule has 0 saturated carbocycles. The lowest BCUT2D eigenvalue weighted by atomic mass is 9.96. The minimum Gasteiger partial charge on any atom is -0.390 e. The quantitative estimate of drug-likeness (QED) is 0.712. The molecule has 1 amide bonds. The van der Waals surface area contributed by atoms with Crippen LogP contribution in [0.15, 0.2) is 53.9 Å². The second-order valence-corrected chi connectivity index (χ2v) is 7.26. The van der Waals surface area contributed by atoms with Crippen molar-refractivity contribution in [1.82, 2.24) is 0 Å². The van der Waals surface area contributed by atoms with Gasteiger partial charge in [0.25, 0.3) is 0 Å². The third-order valence-corrected chi connectivity index (χ3v) is 5.56. The van der Waals surface area contributed by atoms with Gasteiger partial charge >= 0.3 is 0 Å². The number of ketones is 1. The summed E-state index contributed by atoms with van der Waals surface area (Å²) in [5.41, 5.74) is 11.1. The Balaban J connectivity index is 1.74. The second kappa shape index (κ2) is 6.42. The first-order chi connectivity index (χ1) is 12.6. The molecule has 0 unspecified atom stereocenters. The molecule has 0 bridgehead atoms. The van der Waals surface area contributed by atoms with Crippen molar-refractivity contribution in [2.45, 2.75) is 13.3 Å². The molecule has 130 valence electrons. The molecule has 2 heterocycles. The number of nitrogen functional groups attached to an aromatic ring is 1. The molecule has 1 aromatic heterocycles. The molecule has 1 aliphatic heterocycles. The smallest absolute Gasteiger partial charge is 0.223 e. The lowest BCUT2D eigenvalue weighted by molar-refractivity contribution is -0.116. The van der Waals surface area contributed by atoms with E-state index in [1.54, 1.807) is 17.9 Å². The lowest BCUT2D eigenvalue weighted by Gasteiger charge is -2.14. The topological polar surface area (TPSA) is 63.4 Å². The van der Waals surface area contributed by atoms with Gasteiger partial charge in [0.1, 0.15) is 0 Å². The standard InChI is InChI=1S/C21H18N2O2S/c1-13(24)23-10-9-15-11-16(7-8-18(15)23)20(25)19-17(12-26-21(19)22)14-5-3-2-4-6-14/h2-8,11-12H,9-10,22H2,1H3. The normalized spacial score (nSPS) is 12.9. The van der Waals surface area contributed by atoms with Crippen LogP contribution in [0, 0.1) is 0 Å². The van der Waals surface area contributed by atoms with Crippen LogP contribution in [0.4, 0.5) is 10.7 Å². The Morgan fingerprint density at radius 3 is 2.62 bits per heavy atom. The molecule has 0 radical (unpaired) electrons. The van der Waals surface area contributed by atoms with E-state index in [4.69, 9.17) is 5.73 Å². The van der Waals surface area contributed by atoms with E-state index < -0.39 is 0 Å². The molecule has 1 aliphatic rings. The summed E-state index contributed by atoms with van der Waals surface area (Å²) in [4.78, 5) is 26.6. The van der Waals surface area contributed by atoms with E-state index in [2.05, 4.69) is 0 Å². The van der Waals surface area contributed by atoms with Crippen LogP contribution in [-0.2, 0) is 11.2 Å².